The lowest BCUT2D eigenvalue weighted by atomic mass is 9.91. The SMILES string of the molecule is CC(C)C(C(=O)N1CCOCC1(C)C)C(N)=S. The summed E-state index contributed by atoms with van der Waals surface area (Å²) in [4.78, 5) is 14.6. The number of amides is 1. The molecule has 2 N–H and O–H groups in total. The van der Waals surface area contributed by atoms with Gasteiger partial charge in [0.15, 0.2) is 0 Å². The molecule has 1 unspecified atom stereocenters. The van der Waals surface area contributed by atoms with Crippen LogP contribution in [-0.2, 0) is 9.53 Å². The van der Waals surface area contributed by atoms with Crippen LogP contribution in [0.1, 0.15) is 27.7 Å². The predicted octanol–water partition coefficient (Wildman–Crippen LogP) is 1.18. The van der Waals surface area contributed by atoms with E-state index in [9.17, 15) is 4.79 Å². The number of carbonyl (C=O) groups is 1. The number of ether oxygens (including phenoxy) is 1. The summed E-state index contributed by atoms with van der Waals surface area (Å²) in [5, 5.41) is 0. The number of thiocarbonyl (C=S) groups is 1. The van der Waals surface area contributed by atoms with Gasteiger partial charge in [0.2, 0.25) is 5.91 Å². The van der Waals surface area contributed by atoms with Crippen LogP contribution < -0.4 is 5.73 Å². The first-order chi connectivity index (χ1) is 7.77. The number of nitrogens with two attached hydrogens (primary N) is 1. The van der Waals surface area contributed by atoms with E-state index in [1.165, 1.54) is 0 Å². The van der Waals surface area contributed by atoms with E-state index in [4.69, 9.17) is 22.7 Å². The zero-order valence-electron chi connectivity index (χ0n) is 11.0. The van der Waals surface area contributed by atoms with Gasteiger partial charge in [0.25, 0.3) is 0 Å². The van der Waals surface area contributed by atoms with Gasteiger partial charge >= 0.3 is 0 Å². The third kappa shape index (κ3) is 3.16. The summed E-state index contributed by atoms with van der Waals surface area (Å²) in [5.74, 6) is -0.221. The van der Waals surface area contributed by atoms with Gasteiger partial charge in [-0.3, -0.25) is 4.79 Å². The molecule has 0 aliphatic carbocycles. The van der Waals surface area contributed by atoms with Crippen molar-refractivity contribution in [1.29, 1.82) is 0 Å². The number of hydrogen-bond donors (Lipinski definition) is 1. The largest absolute Gasteiger partial charge is 0.393 e. The van der Waals surface area contributed by atoms with E-state index in [1.54, 1.807) is 0 Å². The highest BCUT2D eigenvalue weighted by molar-refractivity contribution is 7.80. The van der Waals surface area contributed by atoms with Gasteiger partial charge in [-0.25, -0.2) is 0 Å². The maximum absolute atomic E-state index is 12.5. The van der Waals surface area contributed by atoms with E-state index >= 15 is 0 Å². The Morgan fingerprint density at radius 1 is 1.47 bits per heavy atom. The molecule has 0 saturated carbocycles. The Labute approximate surface area is 108 Å². The molecule has 0 spiro atoms. The number of rotatable bonds is 3. The number of carbonyl (C=O) groups excluding carboxylic acids is 1. The summed E-state index contributed by atoms with van der Waals surface area (Å²) in [7, 11) is 0. The van der Waals surface area contributed by atoms with Crippen LogP contribution in [0.25, 0.3) is 0 Å². The lowest BCUT2D eigenvalue weighted by Gasteiger charge is -2.44. The second-order valence-corrected chi connectivity index (χ2v) is 5.95. The zero-order valence-corrected chi connectivity index (χ0v) is 11.8. The van der Waals surface area contributed by atoms with E-state index in [-0.39, 0.29) is 28.3 Å². The highest BCUT2D eigenvalue weighted by atomic mass is 32.1. The van der Waals surface area contributed by atoms with E-state index in [0.717, 1.165) is 0 Å². The van der Waals surface area contributed by atoms with Gasteiger partial charge in [-0.2, -0.15) is 0 Å². The summed E-state index contributed by atoms with van der Waals surface area (Å²) in [6, 6.07) is 0. The summed E-state index contributed by atoms with van der Waals surface area (Å²) in [5.41, 5.74) is 5.40. The molecule has 1 aliphatic heterocycles. The fourth-order valence-corrected chi connectivity index (χ4v) is 2.54. The molecular weight excluding hydrogens is 236 g/mol. The molecule has 0 aromatic rings. The minimum atomic E-state index is -0.373. The van der Waals surface area contributed by atoms with Gasteiger partial charge in [0.1, 0.15) is 0 Å². The molecule has 0 aromatic carbocycles. The maximum Gasteiger partial charge on any atom is 0.233 e. The van der Waals surface area contributed by atoms with Crippen LogP contribution in [0, 0.1) is 11.8 Å². The topological polar surface area (TPSA) is 55.6 Å². The van der Waals surface area contributed by atoms with Gasteiger partial charge in [-0.1, -0.05) is 26.1 Å². The summed E-state index contributed by atoms with van der Waals surface area (Å²) >= 11 is 5.01. The first kappa shape index (κ1) is 14.4. The van der Waals surface area contributed by atoms with Crippen molar-refractivity contribution in [2.75, 3.05) is 19.8 Å². The minimum Gasteiger partial charge on any atom is -0.393 e. The van der Waals surface area contributed by atoms with Crippen LogP contribution in [0.15, 0.2) is 0 Å². The standard InChI is InChI=1S/C12H22N2O2S/c1-8(2)9(10(13)17)11(15)14-5-6-16-7-12(14,3)4/h8-9H,5-7H2,1-4H3,(H2,13,17). The molecular formula is C12H22N2O2S. The third-order valence-electron chi connectivity index (χ3n) is 3.15. The second kappa shape index (κ2) is 5.31. The Kier molecular flexibility index (Phi) is 4.49. The molecule has 17 heavy (non-hydrogen) atoms. The Morgan fingerprint density at radius 2 is 2.06 bits per heavy atom. The maximum atomic E-state index is 12.5. The van der Waals surface area contributed by atoms with Crippen molar-refractivity contribution in [2.24, 2.45) is 17.6 Å². The highest BCUT2D eigenvalue weighted by Crippen LogP contribution is 2.24. The first-order valence-electron chi connectivity index (χ1n) is 5.96. The zero-order chi connectivity index (χ0) is 13.2. The predicted molar refractivity (Wildman–Crippen MR) is 71.7 cm³/mol. The molecule has 5 heteroatoms. The molecule has 0 radical (unpaired) electrons. The Morgan fingerprint density at radius 3 is 2.47 bits per heavy atom. The highest BCUT2D eigenvalue weighted by Gasteiger charge is 2.39. The van der Waals surface area contributed by atoms with Crippen LogP contribution in [0.4, 0.5) is 0 Å². The molecule has 1 heterocycles. The normalized spacial score (nSPS) is 21.4. The average Bonchev–Trinajstić information content (AvgIpc) is 2.15. The second-order valence-electron chi connectivity index (χ2n) is 5.48. The van der Waals surface area contributed by atoms with E-state index in [0.29, 0.717) is 19.8 Å². The van der Waals surface area contributed by atoms with Crippen LogP contribution in [-0.4, -0.2) is 41.1 Å². The van der Waals surface area contributed by atoms with Crippen LogP contribution in [0.5, 0.6) is 0 Å². The van der Waals surface area contributed by atoms with Crippen molar-refractivity contribution < 1.29 is 9.53 Å². The smallest absolute Gasteiger partial charge is 0.233 e. The van der Waals surface area contributed by atoms with Crippen molar-refractivity contribution in [3.05, 3.63) is 0 Å². The lowest BCUT2D eigenvalue weighted by Crippen LogP contribution is -2.58. The molecule has 0 aromatic heterocycles. The van der Waals surface area contributed by atoms with Crippen LogP contribution in [0.2, 0.25) is 0 Å². The van der Waals surface area contributed by atoms with Gasteiger partial charge in [-0.15, -0.1) is 0 Å². The number of nitrogens with zero attached hydrogens (tertiary/aromatic N) is 1. The summed E-state index contributed by atoms with van der Waals surface area (Å²) < 4.78 is 5.41. The van der Waals surface area contributed by atoms with Crippen LogP contribution >= 0.6 is 12.2 Å². The molecule has 1 rings (SSSR count). The summed E-state index contributed by atoms with van der Waals surface area (Å²) in [6.07, 6.45) is 0. The van der Waals surface area contributed by atoms with Crippen LogP contribution in [0.3, 0.4) is 0 Å². The van der Waals surface area contributed by atoms with Gasteiger partial charge in [0.05, 0.1) is 29.7 Å². The molecule has 1 aliphatic rings. The molecule has 4 nitrogen and oxygen atoms in total. The van der Waals surface area contributed by atoms with E-state index in [2.05, 4.69) is 0 Å². The summed E-state index contributed by atoms with van der Waals surface area (Å²) in [6.45, 7) is 9.68. The van der Waals surface area contributed by atoms with Crippen molar-refractivity contribution in [1.82, 2.24) is 4.90 Å². The van der Waals surface area contributed by atoms with Gasteiger partial charge < -0.3 is 15.4 Å². The van der Waals surface area contributed by atoms with Crippen molar-refractivity contribution >= 4 is 23.1 Å². The Hall–Kier alpha value is -0.680. The van der Waals surface area contributed by atoms with E-state index < -0.39 is 0 Å². The lowest BCUT2D eigenvalue weighted by molar-refractivity contribution is -0.149. The molecule has 0 bridgehead atoms. The molecule has 1 atom stereocenters. The molecule has 1 amide bonds. The fraction of sp³-hybridized carbons (Fsp3) is 0.833. The quantitative estimate of drug-likeness (QED) is 0.772. The van der Waals surface area contributed by atoms with Crippen molar-refractivity contribution in [3.8, 4) is 0 Å². The van der Waals surface area contributed by atoms with Gasteiger partial charge in [0, 0.05) is 6.54 Å². The van der Waals surface area contributed by atoms with Crippen molar-refractivity contribution in [2.45, 2.75) is 33.2 Å². The molecule has 98 valence electrons. The number of morpholine rings is 1. The molecule has 1 saturated heterocycles. The van der Waals surface area contributed by atoms with Crippen molar-refractivity contribution in [3.63, 3.8) is 0 Å². The average molecular weight is 258 g/mol. The number of hydrogen-bond acceptors (Lipinski definition) is 3. The first-order valence-corrected chi connectivity index (χ1v) is 6.36. The Bertz CT molecular complexity index is 316. The molecule has 1 fully saturated rings. The minimum absolute atomic E-state index is 0.0285. The van der Waals surface area contributed by atoms with E-state index in [1.807, 2.05) is 32.6 Å². The third-order valence-corrected chi connectivity index (χ3v) is 3.40. The van der Waals surface area contributed by atoms with Gasteiger partial charge in [-0.05, 0) is 19.8 Å². The fourth-order valence-electron chi connectivity index (χ4n) is 2.17. The Balaban J connectivity index is 2.90. The monoisotopic (exact) mass is 258 g/mol.